The van der Waals surface area contributed by atoms with Gasteiger partial charge >= 0.3 is 0 Å². The van der Waals surface area contributed by atoms with Crippen LogP contribution in [0.25, 0.3) is 0 Å². The zero-order chi connectivity index (χ0) is 21.8. The van der Waals surface area contributed by atoms with E-state index >= 15 is 0 Å². The largest absolute Gasteiger partial charge is 0.394 e. The Bertz CT molecular complexity index is 901. The predicted octanol–water partition coefficient (Wildman–Crippen LogP) is -1.25. The number of hydrogen-bond donors (Lipinski definition) is 4. The number of fused-ring (bicyclic) bond motifs is 1. The molecule has 0 saturated carbocycles. The zero-order valence-corrected chi connectivity index (χ0v) is 16.1. The van der Waals surface area contributed by atoms with Gasteiger partial charge in [-0.05, 0) is 25.0 Å². The van der Waals surface area contributed by atoms with Gasteiger partial charge in [-0.1, -0.05) is 6.07 Å². The van der Waals surface area contributed by atoms with E-state index in [-0.39, 0.29) is 55.9 Å². The molecule has 5 amide bonds. The van der Waals surface area contributed by atoms with Gasteiger partial charge in [0.2, 0.25) is 17.7 Å². The lowest BCUT2D eigenvalue weighted by Gasteiger charge is -2.28. The highest BCUT2D eigenvalue weighted by Crippen LogP contribution is 2.32. The Balaban J connectivity index is 1.83. The average molecular weight is 418 g/mol. The molecule has 2 aliphatic heterocycles. The monoisotopic (exact) mass is 418 g/mol. The van der Waals surface area contributed by atoms with Crippen LogP contribution in [0.3, 0.4) is 0 Å². The predicted molar refractivity (Wildman–Crippen MR) is 102 cm³/mol. The molecule has 0 aliphatic carbocycles. The van der Waals surface area contributed by atoms with E-state index in [0.717, 1.165) is 4.90 Å². The van der Waals surface area contributed by atoms with Crippen molar-refractivity contribution >= 4 is 35.2 Å². The Morgan fingerprint density at radius 2 is 2.03 bits per heavy atom. The standard InChI is InChI=1S/C19H22N4O7/c20-16(26)12(6-8-30-9-7-24)21-11-3-1-2-10-15(11)19(29)23(18(10)28)13-4-5-14(25)22-17(13)27/h1-3,12-13,21,24H,4-9H2,(H2,20,26)(H,22,25,27). The quantitative estimate of drug-likeness (QED) is 0.285. The van der Waals surface area contributed by atoms with Gasteiger partial charge in [0.25, 0.3) is 11.8 Å². The van der Waals surface area contributed by atoms with Crippen LogP contribution < -0.4 is 16.4 Å². The van der Waals surface area contributed by atoms with Crippen LogP contribution in [0.15, 0.2) is 18.2 Å². The molecular formula is C19H22N4O7. The second-order valence-electron chi connectivity index (χ2n) is 6.90. The molecule has 160 valence electrons. The number of nitrogens with one attached hydrogen (secondary N) is 2. The van der Waals surface area contributed by atoms with E-state index < -0.39 is 41.6 Å². The van der Waals surface area contributed by atoms with Gasteiger partial charge in [-0.15, -0.1) is 0 Å². The van der Waals surface area contributed by atoms with Crippen molar-refractivity contribution in [2.75, 3.05) is 25.1 Å². The molecule has 5 N–H and O–H groups in total. The van der Waals surface area contributed by atoms with Crippen LogP contribution in [0.2, 0.25) is 0 Å². The number of rotatable bonds is 9. The van der Waals surface area contributed by atoms with Gasteiger partial charge in [0.1, 0.15) is 12.1 Å². The molecule has 30 heavy (non-hydrogen) atoms. The first-order chi connectivity index (χ1) is 14.3. The van der Waals surface area contributed by atoms with Crippen LogP contribution in [0.5, 0.6) is 0 Å². The second-order valence-corrected chi connectivity index (χ2v) is 6.90. The Hall–Kier alpha value is -3.31. The van der Waals surface area contributed by atoms with Gasteiger partial charge in [0.15, 0.2) is 0 Å². The maximum atomic E-state index is 13.0. The molecule has 2 unspecified atom stereocenters. The molecule has 0 aromatic heterocycles. The van der Waals surface area contributed by atoms with E-state index in [1.54, 1.807) is 6.07 Å². The number of imide groups is 2. The smallest absolute Gasteiger partial charge is 0.264 e. The number of aliphatic hydroxyl groups is 1. The van der Waals surface area contributed by atoms with E-state index in [0.29, 0.717) is 0 Å². The van der Waals surface area contributed by atoms with Crippen LogP contribution in [0, 0.1) is 0 Å². The minimum Gasteiger partial charge on any atom is -0.394 e. The second kappa shape index (κ2) is 9.01. The third kappa shape index (κ3) is 4.16. The number of nitrogens with two attached hydrogens (primary N) is 1. The Kier molecular flexibility index (Phi) is 6.43. The van der Waals surface area contributed by atoms with Gasteiger partial charge in [0, 0.05) is 18.7 Å². The number of benzene rings is 1. The van der Waals surface area contributed by atoms with E-state index in [2.05, 4.69) is 10.6 Å². The van der Waals surface area contributed by atoms with Crippen LogP contribution in [0.1, 0.15) is 40.0 Å². The number of nitrogens with zero attached hydrogens (tertiary/aromatic N) is 1. The molecule has 0 spiro atoms. The van der Waals surface area contributed by atoms with Crippen molar-refractivity contribution < 1.29 is 33.8 Å². The number of carbonyl (C=O) groups is 5. The van der Waals surface area contributed by atoms with Gasteiger partial charge in [0.05, 0.1) is 24.3 Å². The van der Waals surface area contributed by atoms with Gasteiger partial charge < -0.3 is 20.9 Å². The number of amides is 5. The van der Waals surface area contributed by atoms with Gasteiger partial charge in [-0.2, -0.15) is 0 Å². The molecule has 2 aliphatic rings. The minimum absolute atomic E-state index is 0.0203. The fraction of sp³-hybridized carbons (Fsp3) is 0.421. The summed E-state index contributed by atoms with van der Waals surface area (Å²) in [4.78, 5) is 62.1. The molecule has 1 fully saturated rings. The lowest BCUT2D eigenvalue weighted by atomic mass is 10.0. The molecule has 1 saturated heterocycles. The number of carbonyl (C=O) groups excluding carboxylic acids is 5. The summed E-state index contributed by atoms with van der Waals surface area (Å²) in [5.41, 5.74) is 5.79. The maximum Gasteiger partial charge on any atom is 0.264 e. The summed E-state index contributed by atoms with van der Waals surface area (Å²) in [6.07, 6.45) is 0.246. The topological polar surface area (TPSA) is 168 Å². The van der Waals surface area contributed by atoms with Crippen LogP contribution in [-0.4, -0.2) is 71.4 Å². The highest BCUT2D eigenvalue weighted by Gasteiger charge is 2.45. The van der Waals surface area contributed by atoms with Crippen molar-refractivity contribution in [2.24, 2.45) is 5.73 Å². The first kappa shape index (κ1) is 21.4. The molecule has 0 radical (unpaired) electrons. The lowest BCUT2D eigenvalue weighted by molar-refractivity contribution is -0.136. The van der Waals surface area contributed by atoms with E-state index in [1.807, 2.05) is 0 Å². The van der Waals surface area contributed by atoms with E-state index in [9.17, 15) is 24.0 Å². The van der Waals surface area contributed by atoms with Crippen molar-refractivity contribution in [1.82, 2.24) is 10.2 Å². The van der Waals surface area contributed by atoms with Gasteiger partial charge in [-0.3, -0.25) is 34.2 Å². The van der Waals surface area contributed by atoms with Crippen molar-refractivity contribution in [3.05, 3.63) is 29.3 Å². The first-order valence-electron chi connectivity index (χ1n) is 9.44. The fourth-order valence-corrected chi connectivity index (χ4v) is 3.48. The summed E-state index contributed by atoms with van der Waals surface area (Å²) in [5, 5.41) is 13.8. The molecular weight excluding hydrogens is 396 g/mol. The van der Waals surface area contributed by atoms with Gasteiger partial charge in [-0.25, -0.2) is 0 Å². The fourth-order valence-electron chi connectivity index (χ4n) is 3.48. The highest BCUT2D eigenvalue weighted by molar-refractivity contribution is 6.25. The normalized spacial score (nSPS) is 19.5. The summed E-state index contributed by atoms with van der Waals surface area (Å²) in [6, 6.07) is 2.56. The van der Waals surface area contributed by atoms with Crippen molar-refractivity contribution in [1.29, 1.82) is 0 Å². The van der Waals surface area contributed by atoms with Crippen molar-refractivity contribution in [2.45, 2.75) is 31.3 Å². The Morgan fingerprint density at radius 3 is 2.70 bits per heavy atom. The number of anilines is 1. The van der Waals surface area contributed by atoms with Crippen LogP contribution in [0.4, 0.5) is 5.69 Å². The maximum absolute atomic E-state index is 13.0. The summed E-state index contributed by atoms with van der Waals surface area (Å²) in [7, 11) is 0. The van der Waals surface area contributed by atoms with Crippen LogP contribution in [-0.2, 0) is 19.1 Å². The van der Waals surface area contributed by atoms with Crippen molar-refractivity contribution in [3.8, 4) is 0 Å². The molecule has 0 bridgehead atoms. The third-order valence-corrected chi connectivity index (χ3v) is 4.93. The van der Waals surface area contributed by atoms with Crippen molar-refractivity contribution in [3.63, 3.8) is 0 Å². The summed E-state index contributed by atoms with van der Waals surface area (Å²) in [6.45, 7) is 0.0965. The number of primary amides is 1. The molecule has 1 aromatic rings. The average Bonchev–Trinajstić information content (AvgIpc) is 2.96. The molecule has 11 nitrogen and oxygen atoms in total. The number of ether oxygens (including phenoxy) is 1. The van der Waals surface area contributed by atoms with Crippen LogP contribution >= 0.6 is 0 Å². The molecule has 11 heteroatoms. The lowest BCUT2D eigenvalue weighted by Crippen LogP contribution is -2.54. The van der Waals surface area contributed by atoms with E-state index in [4.69, 9.17) is 15.6 Å². The number of aliphatic hydroxyl groups excluding tert-OH is 1. The first-order valence-corrected chi connectivity index (χ1v) is 9.44. The Morgan fingerprint density at radius 1 is 1.27 bits per heavy atom. The SMILES string of the molecule is NC(=O)C(CCOCCO)Nc1cccc2c1C(=O)N(C1CCC(=O)NC1=O)C2=O. The van der Waals surface area contributed by atoms with E-state index in [1.165, 1.54) is 12.1 Å². The summed E-state index contributed by atoms with van der Waals surface area (Å²) in [5.74, 6) is -3.17. The highest BCUT2D eigenvalue weighted by atomic mass is 16.5. The number of hydrogen-bond acceptors (Lipinski definition) is 8. The minimum atomic E-state index is -1.08. The number of piperidine rings is 1. The molecule has 2 heterocycles. The Labute approximate surface area is 171 Å². The third-order valence-electron chi connectivity index (χ3n) is 4.93. The zero-order valence-electron chi connectivity index (χ0n) is 16.1. The molecule has 3 rings (SSSR count). The molecule has 2 atom stereocenters. The summed E-state index contributed by atoms with van der Waals surface area (Å²) < 4.78 is 5.15. The summed E-state index contributed by atoms with van der Waals surface area (Å²) >= 11 is 0. The molecule has 1 aromatic carbocycles.